The Morgan fingerprint density at radius 1 is 1.05 bits per heavy atom. The van der Waals surface area contributed by atoms with E-state index in [0.29, 0.717) is 17.1 Å². The number of pyridine rings is 1. The molecule has 9 heteroatoms. The fraction of sp³-hybridized carbons (Fsp3) is 0.545. The predicted molar refractivity (Wildman–Crippen MR) is 183 cm³/mol. The van der Waals surface area contributed by atoms with Crippen molar-refractivity contribution in [1.82, 2.24) is 20.3 Å². The Bertz CT molecular complexity index is 1340. The molecule has 1 aliphatic rings. The molecule has 1 saturated heterocycles. The van der Waals surface area contributed by atoms with E-state index in [4.69, 9.17) is 21.0 Å². The molecular weight excluding hydrogens is 669 g/mol. The molecule has 228 valence electrons. The standard InChI is InChI=1S/C16H17ClN4OS.C5H4N.3C4H9.Sn/c1-9-8-18-3-5-21(9)16-20-12-7-11(17)10(2)13(14(12)22-16)15-19-4-6-23-15;1-2-4-6-5-3-1;3*1-3-4-2;/h4,6-7,9,18H,3,5,8H2,1-2H3;1-4H;3*1,3-4H2,2H3;/t9-;;;;;/m0...../s1. The van der Waals surface area contributed by atoms with E-state index >= 15 is 0 Å². The predicted octanol–water partition coefficient (Wildman–Crippen LogP) is 8.85. The van der Waals surface area contributed by atoms with Gasteiger partial charge in [0.2, 0.25) is 0 Å². The molecule has 1 fully saturated rings. The number of oxazole rings is 1. The number of fused-ring (bicyclic) bond motifs is 1. The molecular formula is C33H48ClN5OSSn. The Labute approximate surface area is 265 Å². The summed E-state index contributed by atoms with van der Waals surface area (Å²) in [5.41, 5.74) is 3.48. The van der Waals surface area contributed by atoms with Crippen LogP contribution in [0.2, 0.25) is 18.3 Å². The van der Waals surface area contributed by atoms with Crippen LogP contribution >= 0.6 is 22.9 Å². The largest absolute Gasteiger partial charge is 0.423 e. The fourth-order valence-electron chi connectivity index (χ4n) is 5.95. The van der Waals surface area contributed by atoms with Crippen molar-refractivity contribution in [2.45, 2.75) is 92.5 Å². The summed E-state index contributed by atoms with van der Waals surface area (Å²) in [6.45, 7) is 13.9. The fourth-order valence-corrected chi connectivity index (χ4v) is 22.3. The van der Waals surface area contributed by atoms with Gasteiger partial charge in [-0.1, -0.05) is 11.6 Å². The van der Waals surface area contributed by atoms with Crippen LogP contribution in [0.3, 0.4) is 0 Å². The van der Waals surface area contributed by atoms with E-state index in [1.165, 1.54) is 51.8 Å². The summed E-state index contributed by atoms with van der Waals surface area (Å²) < 4.78 is 12.3. The van der Waals surface area contributed by atoms with Crippen molar-refractivity contribution >= 4 is 62.1 Å². The number of rotatable bonds is 12. The number of halogens is 1. The third kappa shape index (κ3) is 8.07. The minimum atomic E-state index is -2.21. The molecule has 4 aromatic rings. The summed E-state index contributed by atoms with van der Waals surface area (Å²) in [4.78, 5) is 16.1. The number of hydrogen-bond donors (Lipinski definition) is 1. The van der Waals surface area contributed by atoms with Crippen LogP contribution in [0.5, 0.6) is 0 Å². The van der Waals surface area contributed by atoms with E-state index in [-0.39, 0.29) is 0 Å². The first kappa shape index (κ1) is 33.2. The van der Waals surface area contributed by atoms with E-state index in [1.54, 1.807) is 21.2 Å². The molecule has 1 aliphatic heterocycles. The van der Waals surface area contributed by atoms with Gasteiger partial charge in [-0.25, -0.2) is 4.98 Å². The molecule has 1 aromatic carbocycles. The molecule has 4 heterocycles. The van der Waals surface area contributed by atoms with E-state index in [2.05, 4.69) is 66.1 Å². The number of nitrogens with zero attached hydrogens (tertiary/aromatic N) is 4. The quantitative estimate of drug-likeness (QED) is 0.148. The molecule has 1 N–H and O–H groups in total. The minimum absolute atomic E-state index is 0.344. The second kappa shape index (κ2) is 16.4. The molecule has 0 aliphatic carbocycles. The van der Waals surface area contributed by atoms with Crippen molar-refractivity contribution in [1.29, 1.82) is 0 Å². The van der Waals surface area contributed by atoms with Crippen LogP contribution in [-0.4, -0.2) is 59.0 Å². The number of piperazine rings is 1. The Hall–Kier alpha value is -1.68. The van der Waals surface area contributed by atoms with E-state index in [0.717, 1.165) is 46.9 Å². The number of nitrogens with one attached hydrogen (secondary N) is 1. The molecule has 0 spiro atoms. The van der Waals surface area contributed by atoms with Crippen molar-refractivity contribution in [3.8, 4) is 10.6 Å². The molecule has 42 heavy (non-hydrogen) atoms. The number of thiazole rings is 1. The molecule has 5 rings (SSSR count). The average Bonchev–Trinajstić information content (AvgIpc) is 3.69. The van der Waals surface area contributed by atoms with Crippen LogP contribution < -0.4 is 13.9 Å². The second-order valence-electron chi connectivity index (χ2n) is 11.6. The average molecular weight is 717 g/mol. The molecule has 6 nitrogen and oxygen atoms in total. The number of hydrogen-bond acceptors (Lipinski definition) is 7. The Balaban J connectivity index is 0.000000198. The maximum atomic E-state index is 6.41. The second-order valence-corrected chi connectivity index (χ2v) is 25.9. The Morgan fingerprint density at radius 3 is 2.33 bits per heavy atom. The minimum Gasteiger partial charge on any atom is -0.423 e. The summed E-state index contributed by atoms with van der Waals surface area (Å²) in [5.74, 6) is 0. The van der Waals surface area contributed by atoms with E-state index in [9.17, 15) is 0 Å². The van der Waals surface area contributed by atoms with Crippen molar-refractivity contribution in [2.24, 2.45) is 0 Å². The number of aromatic nitrogens is 3. The topological polar surface area (TPSA) is 67.1 Å². The van der Waals surface area contributed by atoms with Gasteiger partial charge in [0.05, 0.1) is 5.56 Å². The number of benzene rings is 1. The Kier molecular flexibility index (Phi) is 13.0. The SMILES string of the molecule is CCC[CH2][Sn]([CH2]CCC)([CH2]CCC)[c]1ccccn1.Cc1c(Cl)cc2nc(N3CCNC[C@@H]3C)oc2c1-c1nccs1. The number of unbranched alkanes of at least 4 members (excludes halogenated alkanes) is 3. The third-order valence-corrected chi connectivity index (χ3v) is 24.8. The van der Waals surface area contributed by atoms with Gasteiger partial charge in [-0.3, -0.25) is 0 Å². The van der Waals surface area contributed by atoms with Gasteiger partial charge in [-0.05, 0) is 25.5 Å². The van der Waals surface area contributed by atoms with Crippen LogP contribution in [0.15, 0.2) is 46.5 Å². The molecule has 0 saturated carbocycles. The molecule has 0 unspecified atom stereocenters. The van der Waals surface area contributed by atoms with Crippen molar-refractivity contribution in [2.75, 3.05) is 24.5 Å². The molecule has 3 aromatic heterocycles. The smallest absolute Gasteiger partial charge is 0.298 e. The van der Waals surface area contributed by atoms with Gasteiger partial charge in [-0.15, -0.1) is 11.3 Å². The summed E-state index contributed by atoms with van der Waals surface area (Å²) >= 11 is 5.78. The normalized spacial score (nSPS) is 15.6. The van der Waals surface area contributed by atoms with E-state index < -0.39 is 18.4 Å². The van der Waals surface area contributed by atoms with Gasteiger partial charge < -0.3 is 14.6 Å². The van der Waals surface area contributed by atoms with Gasteiger partial charge in [-0.2, -0.15) is 4.98 Å². The summed E-state index contributed by atoms with van der Waals surface area (Å²) in [5, 5.41) is 6.93. The zero-order valence-corrected chi connectivity index (χ0v) is 30.5. The van der Waals surface area contributed by atoms with Crippen LogP contribution in [0.4, 0.5) is 6.01 Å². The summed E-state index contributed by atoms with van der Waals surface area (Å²) in [6, 6.07) is 9.50. The van der Waals surface area contributed by atoms with E-state index in [1.807, 2.05) is 24.6 Å². The molecule has 0 amide bonds. The molecule has 1 atom stereocenters. The number of anilines is 1. The third-order valence-electron chi connectivity index (χ3n) is 8.49. The Morgan fingerprint density at radius 2 is 1.76 bits per heavy atom. The van der Waals surface area contributed by atoms with Crippen molar-refractivity contribution in [3.63, 3.8) is 0 Å². The van der Waals surface area contributed by atoms with Gasteiger partial charge in [0, 0.05) is 42.3 Å². The summed E-state index contributed by atoms with van der Waals surface area (Å²) in [7, 11) is 0. The van der Waals surface area contributed by atoms with Crippen LogP contribution in [0.25, 0.3) is 21.7 Å². The zero-order valence-electron chi connectivity index (χ0n) is 26.1. The van der Waals surface area contributed by atoms with Gasteiger partial charge in [0.15, 0.2) is 5.58 Å². The van der Waals surface area contributed by atoms with Gasteiger partial charge in [0.25, 0.3) is 6.01 Å². The van der Waals surface area contributed by atoms with Crippen LogP contribution in [0, 0.1) is 6.92 Å². The molecule has 0 radical (unpaired) electrons. The van der Waals surface area contributed by atoms with Crippen molar-refractivity contribution in [3.05, 3.63) is 52.6 Å². The van der Waals surface area contributed by atoms with Gasteiger partial charge >= 0.3 is 124 Å². The first-order valence-electron chi connectivity index (χ1n) is 15.8. The van der Waals surface area contributed by atoms with Gasteiger partial charge in [0.1, 0.15) is 10.5 Å². The maximum Gasteiger partial charge on any atom is 0.298 e. The monoisotopic (exact) mass is 717 g/mol. The van der Waals surface area contributed by atoms with Crippen molar-refractivity contribution < 1.29 is 4.42 Å². The van der Waals surface area contributed by atoms with Crippen LogP contribution in [-0.2, 0) is 0 Å². The molecule has 0 bridgehead atoms. The maximum absolute atomic E-state index is 6.41. The first-order chi connectivity index (χ1) is 20.4. The first-order valence-corrected chi connectivity index (χ1v) is 24.6. The summed E-state index contributed by atoms with van der Waals surface area (Å²) in [6.07, 6.45) is 12.1. The zero-order chi connectivity index (χ0) is 30.0. The van der Waals surface area contributed by atoms with Crippen LogP contribution in [0.1, 0.15) is 71.8 Å².